The summed E-state index contributed by atoms with van der Waals surface area (Å²) < 4.78 is 0. The average molecular weight is 242 g/mol. The van der Waals surface area contributed by atoms with Crippen molar-refractivity contribution in [2.75, 3.05) is 25.0 Å². The van der Waals surface area contributed by atoms with E-state index in [4.69, 9.17) is 0 Å². The van der Waals surface area contributed by atoms with Gasteiger partial charge in [-0.1, -0.05) is 36.4 Å². The molecular weight excluding hydrogens is 224 g/mol. The average Bonchev–Trinajstić information content (AvgIpc) is 2.40. The van der Waals surface area contributed by atoms with Crippen LogP contribution in [-0.2, 0) is 4.79 Å². The minimum absolute atomic E-state index is 0.0938. The molecule has 0 aliphatic rings. The molecule has 3 nitrogen and oxygen atoms in total. The molecule has 0 saturated carbocycles. The maximum atomic E-state index is 12.1. The number of hydrogen-bond donors (Lipinski definition) is 1. The van der Waals surface area contributed by atoms with Gasteiger partial charge in [-0.25, -0.2) is 0 Å². The number of amides is 1. The molecule has 3 heteroatoms. The van der Waals surface area contributed by atoms with E-state index in [1.165, 1.54) is 0 Å². The maximum absolute atomic E-state index is 12.1. The van der Waals surface area contributed by atoms with Crippen molar-refractivity contribution >= 4 is 22.4 Å². The fourth-order valence-electron chi connectivity index (χ4n) is 2.17. The van der Waals surface area contributed by atoms with E-state index in [0.29, 0.717) is 13.1 Å². The molecule has 2 aromatic rings. The van der Waals surface area contributed by atoms with E-state index in [1.54, 1.807) is 7.05 Å². The van der Waals surface area contributed by atoms with Crippen LogP contribution in [0.5, 0.6) is 0 Å². The Bertz CT molecular complexity index is 546. The summed E-state index contributed by atoms with van der Waals surface area (Å²) in [6, 6.07) is 14.2. The number of hydrogen-bond acceptors (Lipinski definition) is 2. The van der Waals surface area contributed by atoms with Crippen molar-refractivity contribution in [3.63, 3.8) is 0 Å². The Hall–Kier alpha value is -1.87. The zero-order chi connectivity index (χ0) is 13.0. The number of rotatable bonds is 4. The first-order chi connectivity index (χ1) is 8.77. The van der Waals surface area contributed by atoms with Gasteiger partial charge in [-0.15, -0.1) is 0 Å². The van der Waals surface area contributed by atoms with E-state index < -0.39 is 0 Å². The lowest BCUT2D eigenvalue weighted by molar-refractivity contribution is -0.117. The smallest absolute Gasteiger partial charge is 0.240 e. The molecule has 1 amide bonds. The molecule has 0 aromatic heterocycles. The third-order valence-electron chi connectivity index (χ3n) is 3.00. The van der Waals surface area contributed by atoms with Crippen LogP contribution in [0.15, 0.2) is 42.5 Å². The van der Waals surface area contributed by atoms with E-state index >= 15 is 0 Å². The van der Waals surface area contributed by atoms with E-state index in [2.05, 4.69) is 23.5 Å². The van der Waals surface area contributed by atoms with Crippen LogP contribution in [0.4, 0.5) is 5.69 Å². The first-order valence-corrected chi connectivity index (χ1v) is 6.20. The molecule has 2 rings (SSSR count). The SMILES string of the molecule is CCN(C(=O)CNC)c1cccc2ccccc12. The fourth-order valence-corrected chi connectivity index (χ4v) is 2.17. The Balaban J connectivity index is 2.48. The van der Waals surface area contributed by atoms with Gasteiger partial charge in [0.15, 0.2) is 0 Å². The second kappa shape index (κ2) is 5.65. The number of nitrogens with zero attached hydrogens (tertiary/aromatic N) is 1. The molecule has 0 unspecified atom stereocenters. The predicted octanol–water partition coefficient (Wildman–Crippen LogP) is 2.41. The normalized spacial score (nSPS) is 10.6. The third-order valence-corrected chi connectivity index (χ3v) is 3.00. The Labute approximate surface area is 107 Å². The summed E-state index contributed by atoms with van der Waals surface area (Å²) in [6.45, 7) is 3.03. The highest BCUT2D eigenvalue weighted by atomic mass is 16.2. The van der Waals surface area contributed by atoms with E-state index in [1.807, 2.05) is 36.1 Å². The van der Waals surface area contributed by atoms with E-state index in [0.717, 1.165) is 16.5 Å². The van der Waals surface area contributed by atoms with Gasteiger partial charge in [0, 0.05) is 11.9 Å². The summed E-state index contributed by atoms with van der Waals surface area (Å²) in [5.41, 5.74) is 0.982. The lowest BCUT2D eigenvalue weighted by Gasteiger charge is -2.22. The zero-order valence-corrected chi connectivity index (χ0v) is 10.8. The minimum Gasteiger partial charge on any atom is -0.311 e. The quantitative estimate of drug-likeness (QED) is 0.893. The summed E-state index contributed by atoms with van der Waals surface area (Å²) >= 11 is 0. The molecule has 0 atom stereocenters. The third kappa shape index (κ3) is 2.36. The van der Waals surface area contributed by atoms with Crippen LogP contribution in [0.1, 0.15) is 6.92 Å². The van der Waals surface area contributed by atoms with Gasteiger partial charge >= 0.3 is 0 Å². The second-order valence-corrected chi connectivity index (χ2v) is 4.17. The maximum Gasteiger partial charge on any atom is 0.240 e. The molecule has 0 bridgehead atoms. The fraction of sp³-hybridized carbons (Fsp3) is 0.267. The van der Waals surface area contributed by atoms with Crippen LogP contribution in [0.2, 0.25) is 0 Å². The molecule has 0 aliphatic carbocycles. The van der Waals surface area contributed by atoms with Crippen molar-refractivity contribution in [2.45, 2.75) is 6.92 Å². The summed E-state index contributed by atoms with van der Waals surface area (Å²) in [6.07, 6.45) is 0. The van der Waals surface area contributed by atoms with Crippen molar-refractivity contribution in [3.05, 3.63) is 42.5 Å². The lowest BCUT2D eigenvalue weighted by Crippen LogP contribution is -2.37. The lowest BCUT2D eigenvalue weighted by atomic mass is 10.1. The molecule has 1 N–H and O–H groups in total. The van der Waals surface area contributed by atoms with Crippen molar-refractivity contribution in [3.8, 4) is 0 Å². The van der Waals surface area contributed by atoms with Gasteiger partial charge in [0.1, 0.15) is 0 Å². The predicted molar refractivity (Wildman–Crippen MR) is 75.9 cm³/mol. The van der Waals surface area contributed by atoms with Crippen molar-refractivity contribution in [2.24, 2.45) is 0 Å². The Morgan fingerprint density at radius 2 is 1.89 bits per heavy atom. The summed E-state index contributed by atoms with van der Waals surface area (Å²) in [4.78, 5) is 13.9. The molecule has 0 radical (unpaired) electrons. The van der Waals surface area contributed by atoms with Crippen molar-refractivity contribution < 1.29 is 4.79 Å². The zero-order valence-electron chi connectivity index (χ0n) is 10.8. The Kier molecular flexibility index (Phi) is 3.95. The van der Waals surface area contributed by atoms with Crippen molar-refractivity contribution in [1.29, 1.82) is 0 Å². The van der Waals surface area contributed by atoms with Crippen LogP contribution in [-0.4, -0.2) is 26.0 Å². The molecule has 0 heterocycles. The molecular formula is C15H18N2O. The minimum atomic E-state index is 0.0938. The largest absolute Gasteiger partial charge is 0.311 e. The topological polar surface area (TPSA) is 32.3 Å². The Morgan fingerprint density at radius 3 is 2.61 bits per heavy atom. The molecule has 0 aliphatic heterocycles. The van der Waals surface area contributed by atoms with Gasteiger partial charge < -0.3 is 10.2 Å². The van der Waals surface area contributed by atoms with Gasteiger partial charge in [-0.2, -0.15) is 0 Å². The molecule has 0 saturated heterocycles. The van der Waals surface area contributed by atoms with Crippen LogP contribution in [0, 0.1) is 0 Å². The molecule has 18 heavy (non-hydrogen) atoms. The van der Waals surface area contributed by atoms with Crippen LogP contribution >= 0.6 is 0 Å². The highest BCUT2D eigenvalue weighted by Gasteiger charge is 2.14. The molecule has 0 fully saturated rings. The molecule has 94 valence electrons. The monoisotopic (exact) mass is 242 g/mol. The number of carbonyl (C=O) groups excluding carboxylic acids is 1. The van der Waals surface area contributed by atoms with Gasteiger partial charge in [-0.3, -0.25) is 4.79 Å². The van der Waals surface area contributed by atoms with Crippen LogP contribution in [0.3, 0.4) is 0 Å². The first kappa shape index (κ1) is 12.6. The Morgan fingerprint density at radius 1 is 1.17 bits per heavy atom. The van der Waals surface area contributed by atoms with Gasteiger partial charge in [0.2, 0.25) is 5.91 Å². The van der Waals surface area contributed by atoms with E-state index in [-0.39, 0.29) is 5.91 Å². The van der Waals surface area contributed by atoms with Crippen LogP contribution in [0.25, 0.3) is 10.8 Å². The highest BCUT2D eigenvalue weighted by molar-refractivity contribution is 6.04. The number of benzene rings is 2. The number of anilines is 1. The van der Waals surface area contributed by atoms with Crippen LogP contribution < -0.4 is 10.2 Å². The van der Waals surface area contributed by atoms with E-state index in [9.17, 15) is 4.79 Å². The number of nitrogens with one attached hydrogen (secondary N) is 1. The highest BCUT2D eigenvalue weighted by Crippen LogP contribution is 2.26. The van der Waals surface area contributed by atoms with Gasteiger partial charge in [0.25, 0.3) is 0 Å². The van der Waals surface area contributed by atoms with Crippen molar-refractivity contribution in [1.82, 2.24) is 5.32 Å². The second-order valence-electron chi connectivity index (χ2n) is 4.17. The molecule has 0 spiro atoms. The molecule has 2 aromatic carbocycles. The summed E-state index contributed by atoms with van der Waals surface area (Å²) in [5.74, 6) is 0.0938. The number of carbonyl (C=O) groups is 1. The standard InChI is InChI=1S/C15H18N2O/c1-3-17(15(18)11-16-2)14-10-6-8-12-7-4-5-9-13(12)14/h4-10,16H,3,11H2,1-2H3. The van der Waals surface area contributed by atoms with Gasteiger partial charge in [0.05, 0.1) is 12.2 Å². The summed E-state index contributed by atoms with van der Waals surface area (Å²) in [5, 5.41) is 5.18. The summed E-state index contributed by atoms with van der Waals surface area (Å²) in [7, 11) is 1.79. The number of fused-ring (bicyclic) bond motifs is 1. The number of likely N-dealkylation sites (N-methyl/N-ethyl adjacent to an activating group) is 2. The van der Waals surface area contributed by atoms with Gasteiger partial charge in [-0.05, 0) is 25.4 Å². The first-order valence-electron chi connectivity index (χ1n) is 6.20.